The van der Waals surface area contributed by atoms with Crippen LogP contribution in [-0.2, 0) is 0 Å². The zero-order valence-electron chi connectivity index (χ0n) is 10.7. The fourth-order valence-electron chi connectivity index (χ4n) is 2.33. The number of rotatable bonds is 6. The van der Waals surface area contributed by atoms with E-state index < -0.39 is 10.7 Å². The molecule has 4 nitrogen and oxygen atoms in total. The number of nitro benzene ring substituents is 1. The minimum Gasteiger partial charge on any atom is -0.379 e. The van der Waals surface area contributed by atoms with Gasteiger partial charge in [-0.15, -0.1) is 0 Å². The zero-order chi connectivity index (χ0) is 14.0. The van der Waals surface area contributed by atoms with Gasteiger partial charge in [-0.2, -0.15) is 0 Å². The zero-order valence-corrected chi connectivity index (χ0v) is 12.9. The van der Waals surface area contributed by atoms with E-state index in [0.29, 0.717) is 6.54 Å². The van der Waals surface area contributed by atoms with Gasteiger partial charge in [-0.3, -0.25) is 10.1 Å². The van der Waals surface area contributed by atoms with Gasteiger partial charge in [0.25, 0.3) is 5.69 Å². The number of benzene rings is 1. The highest BCUT2D eigenvalue weighted by molar-refractivity contribution is 14.1. The molecule has 0 heterocycles. The molecule has 0 spiro atoms. The van der Waals surface area contributed by atoms with Gasteiger partial charge in [0.2, 0.25) is 0 Å². The summed E-state index contributed by atoms with van der Waals surface area (Å²) in [6.07, 6.45) is 4.51. The Morgan fingerprint density at radius 1 is 1.53 bits per heavy atom. The molecule has 2 rings (SSSR count). The van der Waals surface area contributed by atoms with E-state index in [4.69, 9.17) is 0 Å². The Labute approximate surface area is 125 Å². The van der Waals surface area contributed by atoms with E-state index in [1.54, 1.807) is 22.6 Å². The van der Waals surface area contributed by atoms with Crippen molar-refractivity contribution in [3.8, 4) is 0 Å². The lowest BCUT2D eigenvalue weighted by Gasteiger charge is -2.16. The molecule has 1 aromatic carbocycles. The lowest BCUT2D eigenvalue weighted by Crippen LogP contribution is -2.16. The molecule has 0 saturated heterocycles. The third kappa shape index (κ3) is 3.34. The molecule has 1 aliphatic rings. The first-order valence-corrected chi connectivity index (χ1v) is 7.43. The molecule has 0 atom stereocenters. The Kier molecular flexibility index (Phi) is 4.27. The summed E-state index contributed by atoms with van der Waals surface area (Å²) >= 11 is 1.76. The van der Waals surface area contributed by atoms with E-state index in [-0.39, 0.29) is 20.4 Å². The topological polar surface area (TPSA) is 55.2 Å². The molecule has 0 bridgehead atoms. The molecule has 0 aliphatic heterocycles. The molecule has 104 valence electrons. The molecule has 0 unspecified atom stereocenters. The van der Waals surface area contributed by atoms with Gasteiger partial charge in [0.15, 0.2) is 0 Å². The van der Waals surface area contributed by atoms with Gasteiger partial charge < -0.3 is 5.32 Å². The molecule has 19 heavy (non-hydrogen) atoms. The van der Waals surface area contributed by atoms with Crippen molar-refractivity contribution in [3.05, 3.63) is 31.6 Å². The van der Waals surface area contributed by atoms with E-state index in [1.165, 1.54) is 12.1 Å². The highest BCUT2D eigenvalue weighted by Crippen LogP contribution is 2.49. The van der Waals surface area contributed by atoms with E-state index in [1.807, 2.05) is 0 Å². The third-order valence-electron chi connectivity index (χ3n) is 3.63. The highest BCUT2D eigenvalue weighted by atomic mass is 127. The van der Waals surface area contributed by atoms with Crippen LogP contribution in [0.15, 0.2) is 12.1 Å². The minimum absolute atomic E-state index is 0.0573. The molecule has 1 aromatic rings. The van der Waals surface area contributed by atoms with E-state index >= 15 is 0 Å². The molecular weight excluding hydrogens is 362 g/mol. The second kappa shape index (κ2) is 5.60. The predicted octanol–water partition coefficient (Wildman–Crippen LogP) is 4.33. The summed E-state index contributed by atoms with van der Waals surface area (Å²) in [5.41, 5.74) is 0.491. The van der Waals surface area contributed by atoms with Crippen molar-refractivity contribution >= 4 is 34.0 Å². The van der Waals surface area contributed by atoms with Gasteiger partial charge in [0.05, 0.1) is 8.49 Å². The minimum atomic E-state index is -0.469. The highest BCUT2D eigenvalue weighted by Gasteiger charge is 2.41. The summed E-state index contributed by atoms with van der Waals surface area (Å²) in [6, 6.07) is 2.50. The summed E-state index contributed by atoms with van der Waals surface area (Å²) in [5, 5.41) is 14.1. The Balaban J connectivity index is 2.15. The molecule has 0 aromatic heterocycles. The average molecular weight is 378 g/mol. The van der Waals surface area contributed by atoms with E-state index in [2.05, 4.69) is 12.2 Å². The summed E-state index contributed by atoms with van der Waals surface area (Å²) in [4.78, 5) is 10.5. The van der Waals surface area contributed by atoms with Crippen molar-refractivity contribution in [1.82, 2.24) is 0 Å². The van der Waals surface area contributed by atoms with Crippen LogP contribution in [-0.4, -0.2) is 11.5 Å². The average Bonchev–Trinajstić information content (AvgIpc) is 3.11. The Bertz CT molecular complexity index is 504. The molecule has 1 saturated carbocycles. The Morgan fingerprint density at radius 2 is 2.21 bits per heavy atom. The van der Waals surface area contributed by atoms with Crippen molar-refractivity contribution in [2.75, 3.05) is 11.9 Å². The van der Waals surface area contributed by atoms with Crippen LogP contribution < -0.4 is 5.32 Å². The lowest BCUT2D eigenvalue weighted by molar-refractivity contribution is -0.384. The maximum Gasteiger partial charge on any atom is 0.293 e. The van der Waals surface area contributed by atoms with Crippen LogP contribution in [0.2, 0.25) is 0 Å². The van der Waals surface area contributed by atoms with Crippen LogP contribution in [0.25, 0.3) is 0 Å². The van der Waals surface area contributed by atoms with Crippen LogP contribution in [0, 0.1) is 24.9 Å². The van der Waals surface area contributed by atoms with Gasteiger partial charge in [-0.05, 0) is 47.3 Å². The van der Waals surface area contributed by atoms with Crippen LogP contribution >= 0.6 is 22.6 Å². The standard InChI is InChI=1S/C13H16FIN2O2/c1-2-3-13(4-5-13)8-16-11-6-9(14)10(15)7-12(11)17(18)19/h6-7,16H,2-5,8H2,1H3. The predicted molar refractivity (Wildman–Crippen MR) is 80.8 cm³/mol. The Morgan fingerprint density at radius 3 is 2.74 bits per heavy atom. The maximum absolute atomic E-state index is 13.5. The second-order valence-electron chi connectivity index (χ2n) is 5.14. The SMILES string of the molecule is CCCC1(CNc2cc(F)c(I)cc2[N+](=O)[O-])CC1. The van der Waals surface area contributed by atoms with E-state index in [9.17, 15) is 14.5 Å². The van der Waals surface area contributed by atoms with Crippen molar-refractivity contribution < 1.29 is 9.31 Å². The van der Waals surface area contributed by atoms with Crippen LogP contribution in [0.3, 0.4) is 0 Å². The van der Waals surface area contributed by atoms with Gasteiger partial charge in [0, 0.05) is 18.7 Å². The summed E-state index contributed by atoms with van der Waals surface area (Å²) < 4.78 is 13.8. The quantitative estimate of drug-likeness (QED) is 0.456. The second-order valence-corrected chi connectivity index (χ2v) is 6.31. The molecule has 1 N–H and O–H groups in total. The Hall–Kier alpha value is -0.920. The summed E-state index contributed by atoms with van der Waals surface area (Å²) in [5.74, 6) is -0.422. The number of nitro groups is 1. The molecular formula is C13H16FIN2O2. The number of anilines is 1. The molecule has 1 aliphatic carbocycles. The summed E-state index contributed by atoms with van der Waals surface area (Å²) in [7, 11) is 0. The van der Waals surface area contributed by atoms with Crippen LogP contribution in [0.1, 0.15) is 32.6 Å². The molecule has 0 amide bonds. The fourth-order valence-corrected chi connectivity index (χ4v) is 2.78. The number of nitrogens with one attached hydrogen (secondary N) is 1. The normalized spacial score (nSPS) is 16.2. The molecule has 6 heteroatoms. The number of nitrogens with zero attached hydrogens (tertiary/aromatic N) is 1. The fraction of sp³-hybridized carbons (Fsp3) is 0.538. The van der Waals surface area contributed by atoms with Gasteiger partial charge >= 0.3 is 0 Å². The molecule has 0 radical (unpaired) electrons. The first kappa shape index (κ1) is 14.5. The van der Waals surface area contributed by atoms with Crippen LogP contribution in [0.4, 0.5) is 15.8 Å². The van der Waals surface area contributed by atoms with Crippen molar-refractivity contribution in [1.29, 1.82) is 0 Å². The first-order chi connectivity index (χ1) is 8.97. The third-order valence-corrected chi connectivity index (χ3v) is 4.45. The first-order valence-electron chi connectivity index (χ1n) is 6.35. The van der Waals surface area contributed by atoms with Crippen molar-refractivity contribution in [2.24, 2.45) is 5.41 Å². The largest absolute Gasteiger partial charge is 0.379 e. The maximum atomic E-state index is 13.5. The van der Waals surface area contributed by atoms with Crippen LogP contribution in [0.5, 0.6) is 0 Å². The van der Waals surface area contributed by atoms with Crippen molar-refractivity contribution in [3.63, 3.8) is 0 Å². The number of halogens is 2. The van der Waals surface area contributed by atoms with Gasteiger partial charge in [-0.1, -0.05) is 13.3 Å². The van der Waals surface area contributed by atoms with E-state index in [0.717, 1.165) is 25.7 Å². The smallest absolute Gasteiger partial charge is 0.293 e. The number of hydrogen-bond donors (Lipinski definition) is 1. The van der Waals surface area contributed by atoms with Gasteiger partial charge in [0.1, 0.15) is 11.5 Å². The number of hydrogen-bond acceptors (Lipinski definition) is 3. The monoisotopic (exact) mass is 378 g/mol. The van der Waals surface area contributed by atoms with Crippen molar-refractivity contribution in [2.45, 2.75) is 32.6 Å². The molecule has 1 fully saturated rings. The summed E-state index contributed by atoms with van der Waals surface area (Å²) in [6.45, 7) is 2.81. The van der Waals surface area contributed by atoms with Gasteiger partial charge in [-0.25, -0.2) is 4.39 Å². The lowest BCUT2D eigenvalue weighted by atomic mass is 10.0.